The number of hydrogen-bond acceptors (Lipinski definition) is 5. The van der Waals surface area contributed by atoms with E-state index in [9.17, 15) is 4.39 Å². The van der Waals surface area contributed by atoms with Crippen LogP contribution in [0, 0.1) is 17.1 Å². The topological polar surface area (TPSA) is 84.8 Å². The summed E-state index contributed by atoms with van der Waals surface area (Å²) in [5, 5.41) is 8.64. The molecule has 0 aliphatic heterocycles. The second-order valence-corrected chi connectivity index (χ2v) is 3.60. The molecular weight excluding hydrogens is 259 g/mol. The molecule has 2 aromatic rings. The fourth-order valence-corrected chi connectivity index (χ4v) is 1.33. The van der Waals surface area contributed by atoms with E-state index < -0.39 is 5.82 Å². The summed E-state index contributed by atoms with van der Waals surface area (Å²) in [6, 6.07) is 5.49. The van der Waals surface area contributed by atoms with E-state index in [1.165, 1.54) is 18.5 Å². The first-order valence-electron chi connectivity index (χ1n) is 4.75. The van der Waals surface area contributed by atoms with Crippen molar-refractivity contribution >= 4 is 17.3 Å². The lowest BCUT2D eigenvalue weighted by atomic mass is 10.2. The van der Waals surface area contributed by atoms with Gasteiger partial charge in [-0.3, -0.25) is 0 Å². The zero-order chi connectivity index (χ0) is 13.1. The van der Waals surface area contributed by atoms with Crippen LogP contribution >= 0.6 is 11.6 Å². The van der Waals surface area contributed by atoms with Gasteiger partial charge < -0.3 is 10.5 Å². The van der Waals surface area contributed by atoms with Crippen molar-refractivity contribution in [3.8, 4) is 17.7 Å². The summed E-state index contributed by atoms with van der Waals surface area (Å²) in [5.41, 5.74) is 5.58. The fourth-order valence-electron chi connectivity index (χ4n) is 1.20. The summed E-state index contributed by atoms with van der Waals surface area (Å²) in [5.74, 6) is -0.499. The Morgan fingerprint density at radius 1 is 1.39 bits per heavy atom. The van der Waals surface area contributed by atoms with Crippen molar-refractivity contribution < 1.29 is 9.13 Å². The Balaban J connectivity index is 2.32. The molecule has 1 aromatic heterocycles. The van der Waals surface area contributed by atoms with Gasteiger partial charge in [-0.25, -0.2) is 9.37 Å². The first-order valence-corrected chi connectivity index (χ1v) is 5.13. The number of nitrogens with zero attached hydrogens (tertiary/aromatic N) is 3. The SMILES string of the molecule is N#Cc1ccc(Oc2ncnc(Cl)c2N)cc1F. The molecule has 7 heteroatoms. The van der Waals surface area contributed by atoms with Crippen LogP contribution in [0.3, 0.4) is 0 Å². The van der Waals surface area contributed by atoms with Gasteiger partial charge in [0.2, 0.25) is 5.88 Å². The summed E-state index contributed by atoms with van der Waals surface area (Å²) in [4.78, 5) is 7.43. The molecule has 0 fully saturated rings. The molecule has 5 nitrogen and oxygen atoms in total. The number of aromatic nitrogens is 2. The van der Waals surface area contributed by atoms with Crippen molar-refractivity contribution in [1.29, 1.82) is 5.26 Å². The monoisotopic (exact) mass is 264 g/mol. The highest BCUT2D eigenvalue weighted by molar-refractivity contribution is 6.32. The fraction of sp³-hybridized carbons (Fsp3) is 0. The van der Waals surface area contributed by atoms with Gasteiger partial charge in [-0.2, -0.15) is 10.2 Å². The minimum absolute atomic E-state index is 0.0270. The molecule has 0 unspecified atom stereocenters. The number of anilines is 1. The number of nitrogen functional groups attached to an aromatic ring is 1. The van der Waals surface area contributed by atoms with Crippen LogP contribution in [0.25, 0.3) is 0 Å². The lowest BCUT2D eigenvalue weighted by molar-refractivity contribution is 0.459. The van der Waals surface area contributed by atoms with Crippen LogP contribution in [-0.4, -0.2) is 9.97 Å². The molecule has 0 aliphatic rings. The molecule has 0 radical (unpaired) electrons. The van der Waals surface area contributed by atoms with Crippen molar-refractivity contribution in [3.05, 3.63) is 41.1 Å². The molecule has 18 heavy (non-hydrogen) atoms. The summed E-state index contributed by atoms with van der Waals surface area (Å²) in [6.45, 7) is 0. The Labute approximate surface area is 107 Å². The molecule has 1 heterocycles. The van der Waals surface area contributed by atoms with Crippen LogP contribution in [0.4, 0.5) is 10.1 Å². The number of rotatable bonds is 2. The molecular formula is C11H6ClFN4O. The van der Waals surface area contributed by atoms with Gasteiger partial charge in [-0.1, -0.05) is 11.6 Å². The Hall–Kier alpha value is -2.39. The lowest BCUT2D eigenvalue weighted by Crippen LogP contribution is -1.98. The van der Waals surface area contributed by atoms with Gasteiger partial charge in [-0.15, -0.1) is 0 Å². The molecule has 0 amide bonds. The minimum atomic E-state index is -0.686. The first-order chi connectivity index (χ1) is 8.61. The van der Waals surface area contributed by atoms with Gasteiger partial charge in [0.05, 0.1) is 5.56 Å². The van der Waals surface area contributed by atoms with Crippen molar-refractivity contribution in [1.82, 2.24) is 9.97 Å². The maximum atomic E-state index is 13.3. The zero-order valence-corrected chi connectivity index (χ0v) is 9.65. The molecule has 1 aromatic carbocycles. The molecule has 2 rings (SSSR count). The maximum absolute atomic E-state index is 13.3. The maximum Gasteiger partial charge on any atom is 0.247 e. The highest BCUT2D eigenvalue weighted by Gasteiger charge is 2.10. The Bertz CT molecular complexity index is 641. The highest BCUT2D eigenvalue weighted by atomic mass is 35.5. The Kier molecular flexibility index (Phi) is 3.26. The summed E-state index contributed by atoms with van der Waals surface area (Å²) >= 11 is 5.69. The summed E-state index contributed by atoms with van der Waals surface area (Å²) in [7, 11) is 0. The summed E-state index contributed by atoms with van der Waals surface area (Å²) < 4.78 is 18.6. The third kappa shape index (κ3) is 2.31. The van der Waals surface area contributed by atoms with Crippen LogP contribution in [0.5, 0.6) is 11.6 Å². The molecule has 0 aliphatic carbocycles. The smallest absolute Gasteiger partial charge is 0.247 e. The van der Waals surface area contributed by atoms with Crippen molar-refractivity contribution in [2.45, 2.75) is 0 Å². The largest absolute Gasteiger partial charge is 0.437 e. The van der Waals surface area contributed by atoms with Crippen molar-refractivity contribution in [2.24, 2.45) is 0 Å². The van der Waals surface area contributed by atoms with Gasteiger partial charge in [0, 0.05) is 6.07 Å². The van der Waals surface area contributed by atoms with Gasteiger partial charge in [-0.05, 0) is 12.1 Å². The molecule has 0 saturated heterocycles. The van der Waals surface area contributed by atoms with Crippen molar-refractivity contribution in [2.75, 3.05) is 5.73 Å². The van der Waals surface area contributed by atoms with E-state index in [2.05, 4.69) is 9.97 Å². The van der Waals surface area contributed by atoms with E-state index in [-0.39, 0.29) is 28.0 Å². The average molecular weight is 265 g/mol. The highest BCUT2D eigenvalue weighted by Crippen LogP contribution is 2.29. The predicted octanol–water partition coefficient (Wildman–Crippen LogP) is 2.52. The van der Waals surface area contributed by atoms with Crippen LogP contribution in [0.1, 0.15) is 5.56 Å². The Morgan fingerprint density at radius 2 is 2.17 bits per heavy atom. The molecule has 0 spiro atoms. The molecule has 0 bridgehead atoms. The van der Waals surface area contributed by atoms with Gasteiger partial charge >= 0.3 is 0 Å². The van der Waals surface area contributed by atoms with E-state index >= 15 is 0 Å². The van der Waals surface area contributed by atoms with Crippen LogP contribution in [-0.2, 0) is 0 Å². The number of halogens is 2. The van der Waals surface area contributed by atoms with E-state index in [1.54, 1.807) is 6.07 Å². The van der Waals surface area contributed by atoms with E-state index in [0.29, 0.717) is 0 Å². The number of nitriles is 1. The second kappa shape index (κ2) is 4.85. The lowest BCUT2D eigenvalue weighted by Gasteiger charge is -2.07. The number of ether oxygens (including phenoxy) is 1. The van der Waals surface area contributed by atoms with E-state index in [0.717, 1.165) is 6.07 Å². The third-order valence-electron chi connectivity index (χ3n) is 2.07. The van der Waals surface area contributed by atoms with Gasteiger partial charge in [0.1, 0.15) is 29.7 Å². The van der Waals surface area contributed by atoms with E-state index in [4.69, 9.17) is 27.3 Å². The average Bonchev–Trinajstić information content (AvgIpc) is 2.35. The number of hydrogen-bond donors (Lipinski definition) is 1. The molecule has 0 saturated carbocycles. The normalized spacial score (nSPS) is 9.83. The molecule has 0 atom stereocenters. The summed E-state index contributed by atoms with van der Waals surface area (Å²) in [6.07, 6.45) is 1.17. The predicted molar refractivity (Wildman–Crippen MR) is 62.6 cm³/mol. The standard InChI is InChI=1S/C11H6ClFN4O/c12-10-9(15)11(17-5-16-10)18-7-2-1-6(4-14)8(13)3-7/h1-3,5H,15H2. The van der Waals surface area contributed by atoms with Crippen LogP contribution in [0.15, 0.2) is 24.5 Å². The number of benzene rings is 1. The van der Waals surface area contributed by atoms with Gasteiger partial charge in [0.15, 0.2) is 5.15 Å². The molecule has 90 valence electrons. The number of nitrogens with two attached hydrogens (primary N) is 1. The van der Waals surface area contributed by atoms with Crippen LogP contribution < -0.4 is 10.5 Å². The third-order valence-corrected chi connectivity index (χ3v) is 2.38. The Morgan fingerprint density at radius 3 is 2.83 bits per heavy atom. The zero-order valence-electron chi connectivity index (χ0n) is 8.89. The van der Waals surface area contributed by atoms with Crippen LogP contribution in [0.2, 0.25) is 5.15 Å². The first kappa shape index (κ1) is 12.1. The van der Waals surface area contributed by atoms with Crippen molar-refractivity contribution in [3.63, 3.8) is 0 Å². The van der Waals surface area contributed by atoms with E-state index in [1.807, 2.05) is 0 Å². The van der Waals surface area contributed by atoms with Gasteiger partial charge in [0.25, 0.3) is 0 Å². The quantitative estimate of drug-likeness (QED) is 0.843. The molecule has 2 N–H and O–H groups in total. The minimum Gasteiger partial charge on any atom is -0.437 e. The second-order valence-electron chi connectivity index (χ2n) is 3.24.